The summed E-state index contributed by atoms with van der Waals surface area (Å²) in [6, 6.07) is 23.0. The molecular formula is C25H24N2O3S. The average Bonchev–Trinajstić information content (AvgIpc) is 3.03. The number of Topliss-reactive ketones (excluding diaryl/α,β-unsaturated/α-hetero) is 1. The molecule has 31 heavy (non-hydrogen) atoms. The minimum Gasteiger partial charge on any atom is -0.356 e. The van der Waals surface area contributed by atoms with Gasteiger partial charge in [-0.25, -0.2) is 8.42 Å². The summed E-state index contributed by atoms with van der Waals surface area (Å²) >= 11 is 0. The molecule has 0 saturated heterocycles. The van der Waals surface area contributed by atoms with Gasteiger partial charge in [0, 0.05) is 16.7 Å². The Balaban J connectivity index is 1.86. The number of rotatable bonds is 5. The molecule has 3 aromatic rings. The molecule has 2 N–H and O–H groups in total. The van der Waals surface area contributed by atoms with Crippen LogP contribution in [0, 0.1) is 6.92 Å². The summed E-state index contributed by atoms with van der Waals surface area (Å²) in [5.74, 6) is -0.389. The smallest absolute Gasteiger partial charge is 0.262 e. The zero-order valence-electron chi connectivity index (χ0n) is 17.6. The molecule has 0 aromatic heterocycles. The molecule has 158 valence electrons. The lowest BCUT2D eigenvalue weighted by molar-refractivity contribution is 0.102. The summed E-state index contributed by atoms with van der Waals surface area (Å²) in [5.41, 5.74) is 3.17. The average molecular weight is 433 g/mol. The number of ketones is 1. The number of anilines is 1. The van der Waals surface area contributed by atoms with Crippen molar-refractivity contribution in [1.29, 1.82) is 0 Å². The molecular weight excluding hydrogens is 408 g/mol. The van der Waals surface area contributed by atoms with E-state index >= 15 is 0 Å². The van der Waals surface area contributed by atoms with Crippen LogP contribution in [0.4, 0.5) is 5.69 Å². The summed E-state index contributed by atoms with van der Waals surface area (Å²) in [6.07, 6.45) is 0. The van der Waals surface area contributed by atoms with E-state index < -0.39 is 15.4 Å². The number of hydrogen-bond acceptors (Lipinski definition) is 4. The van der Waals surface area contributed by atoms with Crippen molar-refractivity contribution in [3.63, 3.8) is 0 Å². The van der Waals surface area contributed by atoms with Gasteiger partial charge in [-0.15, -0.1) is 0 Å². The van der Waals surface area contributed by atoms with Crippen molar-refractivity contribution in [1.82, 2.24) is 4.72 Å². The topological polar surface area (TPSA) is 75.3 Å². The molecule has 1 aliphatic heterocycles. The molecule has 0 radical (unpaired) electrons. The Labute approximate surface area is 182 Å². The first-order valence-electron chi connectivity index (χ1n) is 10.0. The maximum Gasteiger partial charge on any atom is 0.262 e. The third-order valence-corrected chi connectivity index (χ3v) is 6.93. The van der Waals surface area contributed by atoms with E-state index in [0.717, 1.165) is 16.8 Å². The lowest BCUT2D eigenvalue weighted by atomic mass is 9.82. The molecule has 0 bridgehead atoms. The zero-order chi connectivity index (χ0) is 22.2. The van der Waals surface area contributed by atoms with Crippen LogP contribution < -0.4 is 10.0 Å². The van der Waals surface area contributed by atoms with Crippen LogP contribution in [0.5, 0.6) is 0 Å². The zero-order valence-corrected chi connectivity index (χ0v) is 18.5. The first kappa shape index (κ1) is 20.9. The molecule has 6 heteroatoms. The van der Waals surface area contributed by atoms with Gasteiger partial charge in [0.15, 0.2) is 0 Å². The van der Waals surface area contributed by atoms with Crippen LogP contribution >= 0.6 is 0 Å². The van der Waals surface area contributed by atoms with Gasteiger partial charge in [-0.3, -0.25) is 9.52 Å². The SMILES string of the molecule is Cc1ccc(S(=O)(=O)N/C(C(=O)c2ccccc2)=C2/Nc3ccccc3C2(C)C)cc1. The van der Waals surface area contributed by atoms with Crippen molar-refractivity contribution in [2.75, 3.05) is 5.32 Å². The van der Waals surface area contributed by atoms with Gasteiger partial charge >= 0.3 is 0 Å². The molecule has 1 aliphatic rings. The number of carbonyl (C=O) groups excluding carboxylic acids is 1. The number of carbonyl (C=O) groups is 1. The number of para-hydroxylation sites is 1. The second kappa shape index (κ2) is 7.71. The van der Waals surface area contributed by atoms with E-state index in [9.17, 15) is 13.2 Å². The number of hydrogen-bond donors (Lipinski definition) is 2. The summed E-state index contributed by atoms with van der Waals surface area (Å²) in [6.45, 7) is 5.83. The van der Waals surface area contributed by atoms with E-state index in [1.54, 1.807) is 36.4 Å². The van der Waals surface area contributed by atoms with Gasteiger partial charge in [0.1, 0.15) is 5.70 Å². The number of sulfonamides is 1. The maximum atomic E-state index is 13.5. The van der Waals surface area contributed by atoms with Gasteiger partial charge in [0.25, 0.3) is 10.0 Å². The van der Waals surface area contributed by atoms with Crippen molar-refractivity contribution in [3.8, 4) is 0 Å². The van der Waals surface area contributed by atoms with Crippen LogP contribution in [0.2, 0.25) is 0 Å². The van der Waals surface area contributed by atoms with Crippen molar-refractivity contribution in [3.05, 3.63) is 107 Å². The van der Waals surface area contributed by atoms with Crippen LogP contribution in [0.15, 0.2) is 95.2 Å². The van der Waals surface area contributed by atoms with Crippen molar-refractivity contribution >= 4 is 21.5 Å². The predicted octanol–water partition coefficient (Wildman–Crippen LogP) is 4.77. The van der Waals surface area contributed by atoms with Crippen molar-refractivity contribution in [2.24, 2.45) is 0 Å². The van der Waals surface area contributed by atoms with E-state index in [-0.39, 0.29) is 16.4 Å². The van der Waals surface area contributed by atoms with Gasteiger partial charge in [-0.2, -0.15) is 0 Å². The molecule has 3 aromatic carbocycles. The summed E-state index contributed by atoms with van der Waals surface area (Å²) < 4.78 is 29.0. The quantitative estimate of drug-likeness (QED) is 0.450. The molecule has 0 atom stereocenters. The fraction of sp³-hybridized carbons (Fsp3) is 0.160. The molecule has 0 spiro atoms. The van der Waals surface area contributed by atoms with Gasteiger partial charge < -0.3 is 5.32 Å². The lowest BCUT2D eigenvalue weighted by Crippen LogP contribution is -2.33. The Kier molecular flexibility index (Phi) is 5.19. The lowest BCUT2D eigenvalue weighted by Gasteiger charge is -2.24. The van der Waals surface area contributed by atoms with Crippen LogP contribution in [0.25, 0.3) is 0 Å². The highest BCUT2D eigenvalue weighted by Crippen LogP contribution is 2.44. The highest BCUT2D eigenvalue weighted by molar-refractivity contribution is 7.89. The predicted molar refractivity (Wildman–Crippen MR) is 122 cm³/mol. The number of aryl methyl sites for hydroxylation is 1. The highest BCUT2D eigenvalue weighted by Gasteiger charge is 2.39. The normalized spacial score (nSPS) is 16.2. The molecule has 1 heterocycles. The van der Waals surface area contributed by atoms with E-state index in [2.05, 4.69) is 10.0 Å². The number of fused-ring (bicyclic) bond motifs is 1. The van der Waals surface area contributed by atoms with Crippen molar-refractivity contribution < 1.29 is 13.2 Å². The summed E-state index contributed by atoms with van der Waals surface area (Å²) in [7, 11) is -3.97. The first-order chi connectivity index (χ1) is 14.7. The molecule has 5 nitrogen and oxygen atoms in total. The molecule has 0 unspecified atom stereocenters. The van der Waals surface area contributed by atoms with Gasteiger partial charge in [0.2, 0.25) is 5.78 Å². The Morgan fingerprint density at radius 3 is 2.13 bits per heavy atom. The number of benzene rings is 3. The molecule has 4 rings (SSSR count). The highest BCUT2D eigenvalue weighted by atomic mass is 32.2. The maximum absolute atomic E-state index is 13.5. The Morgan fingerprint density at radius 1 is 0.871 bits per heavy atom. The first-order valence-corrected chi connectivity index (χ1v) is 11.5. The van der Waals surface area contributed by atoms with Crippen LogP contribution in [0.3, 0.4) is 0 Å². The standard InChI is InChI=1S/C25H24N2O3S/c1-17-13-15-19(16-14-17)31(29,30)27-22(23(28)18-9-5-4-6-10-18)24-25(2,3)20-11-7-8-12-21(20)26-24/h4-16,26-27H,1-3H3/b24-22+. The molecule has 0 saturated carbocycles. The van der Waals surface area contributed by atoms with Crippen LogP contribution in [-0.2, 0) is 15.4 Å². The summed E-state index contributed by atoms with van der Waals surface area (Å²) in [5, 5.41) is 3.29. The fourth-order valence-electron chi connectivity index (χ4n) is 3.79. The van der Waals surface area contributed by atoms with Crippen molar-refractivity contribution in [2.45, 2.75) is 31.1 Å². The van der Waals surface area contributed by atoms with Gasteiger partial charge in [-0.1, -0.05) is 80.1 Å². The number of nitrogens with one attached hydrogen (secondary N) is 2. The third kappa shape index (κ3) is 3.86. The Hall–Kier alpha value is -3.38. The summed E-state index contributed by atoms with van der Waals surface area (Å²) in [4.78, 5) is 13.6. The van der Waals surface area contributed by atoms with Gasteiger partial charge in [0.05, 0.1) is 10.6 Å². The monoisotopic (exact) mass is 432 g/mol. The van der Waals surface area contributed by atoms with E-state index in [0.29, 0.717) is 11.3 Å². The minimum absolute atomic E-state index is 0.0213. The minimum atomic E-state index is -3.97. The van der Waals surface area contributed by atoms with Crippen LogP contribution in [-0.4, -0.2) is 14.2 Å². The molecule has 0 aliphatic carbocycles. The second-order valence-corrected chi connectivity index (χ2v) is 9.84. The third-order valence-electron chi connectivity index (χ3n) is 5.57. The second-order valence-electron chi connectivity index (χ2n) is 8.16. The Bertz CT molecular complexity index is 1280. The Morgan fingerprint density at radius 2 is 1.48 bits per heavy atom. The van der Waals surface area contributed by atoms with E-state index in [4.69, 9.17) is 0 Å². The molecule has 0 amide bonds. The van der Waals surface area contributed by atoms with Crippen LogP contribution in [0.1, 0.15) is 35.3 Å². The van der Waals surface area contributed by atoms with Gasteiger partial charge in [-0.05, 0) is 30.7 Å². The largest absolute Gasteiger partial charge is 0.356 e. The molecule has 0 fully saturated rings. The number of allylic oxidation sites excluding steroid dienone is 2. The van der Waals surface area contributed by atoms with E-state index in [1.807, 2.05) is 51.1 Å². The van der Waals surface area contributed by atoms with E-state index in [1.165, 1.54) is 12.1 Å². The fourth-order valence-corrected chi connectivity index (χ4v) is 4.87.